The van der Waals surface area contributed by atoms with E-state index in [9.17, 15) is 4.79 Å². The minimum Gasteiger partial charge on any atom is -0.359 e. The molecule has 1 N–H and O–H groups in total. The Kier molecular flexibility index (Phi) is 5.21. The maximum absolute atomic E-state index is 11.7. The summed E-state index contributed by atoms with van der Waals surface area (Å²) in [4.78, 5) is 14.1. The van der Waals surface area contributed by atoms with Gasteiger partial charge in [0.25, 0.3) is 0 Å². The van der Waals surface area contributed by atoms with Crippen LogP contribution >= 0.6 is 11.6 Å². The fourth-order valence-electron chi connectivity index (χ4n) is 3.23. The third-order valence-electron chi connectivity index (χ3n) is 4.71. The van der Waals surface area contributed by atoms with Crippen LogP contribution in [0.15, 0.2) is 30.3 Å². The summed E-state index contributed by atoms with van der Waals surface area (Å²) in [7, 11) is 1.70. The van der Waals surface area contributed by atoms with E-state index in [1.807, 2.05) is 37.3 Å². The molecule has 1 saturated heterocycles. The number of benzene rings is 1. The molecule has 0 spiro atoms. The van der Waals surface area contributed by atoms with Crippen molar-refractivity contribution in [3.63, 3.8) is 0 Å². The fraction of sp³-hybridized carbons (Fsp3) is 0.444. The summed E-state index contributed by atoms with van der Waals surface area (Å²) in [5.41, 5.74) is 2.99. The molecule has 1 aromatic carbocycles. The molecule has 0 saturated carbocycles. The van der Waals surface area contributed by atoms with Crippen molar-refractivity contribution in [3.8, 4) is 5.69 Å². The highest BCUT2D eigenvalue weighted by Crippen LogP contribution is 2.26. The summed E-state index contributed by atoms with van der Waals surface area (Å²) in [6.07, 6.45) is 1.78. The number of carbonyl (C=O) groups is 1. The summed E-state index contributed by atoms with van der Waals surface area (Å²) < 4.78 is 1.80. The van der Waals surface area contributed by atoms with Crippen LogP contribution in [0, 0.1) is 12.8 Å². The van der Waals surface area contributed by atoms with Gasteiger partial charge in [-0.25, -0.2) is 4.68 Å². The lowest BCUT2D eigenvalue weighted by Crippen LogP contribution is -2.39. The SMILES string of the molecule is CNC(=O)C1CCN(Cc2c(C)nn(-c3ccccc3)c2Cl)CC1. The summed E-state index contributed by atoms with van der Waals surface area (Å²) in [6.45, 7) is 4.59. The molecular formula is C18H23ClN4O. The number of amides is 1. The number of halogens is 1. The fourth-order valence-corrected chi connectivity index (χ4v) is 3.56. The van der Waals surface area contributed by atoms with Crippen molar-refractivity contribution in [1.82, 2.24) is 20.0 Å². The molecule has 0 aliphatic carbocycles. The molecule has 3 rings (SSSR count). The van der Waals surface area contributed by atoms with Crippen LogP contribution in [0.3, 0.4) is 0 Å². The molecule has 1 aliphatic heterocycles. The second-order valence-electron chi connectivity index (χ2n) is 6.27. The van der Waals surface area contributed by atoms with Crippen molar-refractivity contribution in [2.45, 2.75) is 26.3 Å². The molecule has 5 nitrogen and oxygen atoms in total. The van der Waals surface area contributed by atoms with E-state index >= 15 is 0 Å². The number of rotatable bonds is 4. The van der Waals surface area contributed by atoms with Gasteiger partial charge in [0.05, 0.1) is 11.4 Å². The second-order valence-corrected chi connectivity index (χ2v) is 6.62. The molecule has 0 radical (unpaired) electrons. The van der Waals surface area contributed by atoms with Crippen LogP contribution in [0.1, 0.15) is 24.1 Å². The monoisotopic (exact) mass is 346 g/mol. The highest BCUT2D eigenvalue weighted by atomic mass is 35.5. The highest BCUT2D eigenvalue weighted by Gasteiger charge is 2.25. The molecule has 1 amide bonds. The Hall–Kier alpha value is -1.85. The normalized spacial score (nSPS) is 16.3. The van der Waals surface area contributed by atoms with E-state index in [1.165, 1.54) is 0 Å². The number of likely N-dealkylation sites (tertiary alicyclic amines) is 1. The lowest BCUT2D eigenvalue weighted by molar-refractivity contribution is -0.125. The minimum absolute atomic E-state index is 0.134. The number of hydrogen-bond acceptors (Lipinski definition) is 3. The van der Waals surface area contributed by atoms with Gasteiger partial charge in [0, 0.05) is 25.1 Å². The topological polar surface area (TPSA) is 50.2 Å². The standard InChI is InChI=1S/C18H23ClN4O/c1-13-16(12-22-10-8-14(9-11-22)18(24)20-2)17(19)23(21-13)15-6-4-3-5-7-15/h3-7,14H,8-12H2,1-2H3,(H,20,24). The molecule has 24 heavy (non-hydrogen) atoms. The van der Waals surface area contributed by atoms with Gasteiger partial charge in [-0.05, 0) is 45.0 Å². The minimum atomic E-state index is 0.134. The van der Waals surface area contributed by atoms with E-state index < -0.39 is 0 Å². The Bertz CT molecular complexity index is 705. The van der Waals surface area contributed by atoms with E-state index in [2.05, 4.69) is 15.3 Å². The largest absolute Gasteiger partial charge is 0.359 e. The first-order valence-electron chi connectivity index (χ1n) is 8.33. The van der Waals surface area contributed by atoms with Gasteiger partial charge in [-0.15, -0.1) is 0 Å². The predicted octanol–water partition coefficient (Wildman–Crippen LogP) is 2.79. The van der Waals surface area contributed by atoms with Gasteiger partial charge < -0.3 is 5.32 Å². The molecule has 0 unspecified atom stereocenters. The Morgan fingerprint density at radius 3 is 2.58 bits per heavy atom. The van der Waals surface area contributed by atoms with Crippen LogP contribution < -0.4 is 5.32 Å². The molecule has 2 aromatic rings. The summed E-state index contributed by atoms with van der Waals surface area (Å²) in [5.74, 6) is 0.288. The van der Waals surface area contributed by atoms with E-state index in [1.54, 1.807) is 11.7 Å². The number of nitrogens with one attached hydrogen (secondary N) is 1. The number of para-hydroxylation sites is 1. The maximum Gasteiger partial charge on any atom is 0.222 e. The lowest BCUT2D eigenvalue weighted by Gasteiger charge is -2.30. The molecule has 6 heteroatoms. The number of hydrogen-bond donors (Lipinski definition) is 1. The van der Waals surface area contributed by atoms with Crippen molar-refractivity contribution in [1.29, 1.82) is 0 Å². The number of aromatic nitrogens is 2. The van der Waals surface area contributed by atoms with Gasteiger partial charge in [0.1, 0.15) is 5.15 Å². The van der Waals surface area contributed by atoms with Gasteiger partial charge in [0.15, 0.2) is 0 Å². The third-order valence-corrected chi connectivity index (χ3v) is 5.10. The van der Waals surface area contributed by atoms with Crippen LogP contribution in [0.4, 0.5) is 0 Å². The second kappa shape index (κ2) is 7.36. The van der Waals surface area contributed by atoms with E-state index in [-0.39, 0.29) is 11.8 Å². The van der Waals surface area contributed by atoms with E-state index in [4.69, 9.17) is 11.6 Å². The molecule has 2 heterocycles. The number of nitrogens with zero attached hydrogens (tertiary/aromatic N) is 3. The summed E-state index contributed by atoms with van der Waals surface area (Å²) in [6, 6.07) is 9.93. The zero-order valence-electron chi connectivity index (χ0n) is 14.1. The van der Waals surface area contributed by atoms with Gasteiger partial charge in [-0.2, -0.15) is 5.10 Å². The Morgan fingerprint density at radius 1 is 1.29 bits per heavy atom. The number of carbonyl (C=O) groups excluding carboxylic acids is 1. The van der Waals surface area contributed by atoms with Crippen molar-refractivity contribution >= 4 is 17.5 Å². The smallest absolute Gasteiger partial charge is 0.222 e. The first-order valence-corrected chi connectivity index (χ1v) is 8.71. The molecular weight excluding hydrogens is 324 g/mol. The highest BCUT2D eigenvalue weighted by molar-refractivity contribution is 6.30. The van der Waals surface area contributed by atoms with Gasteiger partial charge in [-0.3, -0.25) is 9.69 Å². The number of piperidine rings is 1. The summed E-state index contributed by atoms with van der Waals surface area (Å²) in [5, 5.41) is 8.02. The van der Waals surface area contributed by atoms with Crippen LogP contribution in [0.5, 0.6) is 0 Å². The zero-order valence-corrected chi connectivity index (χ0v) is 14.9. The van der Waals surface area contributed by atoms with Crippen molar-refractivity contribution < 1.29 is 4.79 Å². The molecule has 128 valence electrons. The van der Waals surface area contributed by atoms with Crippen molar-refractivity contribution in [3.05, 3.63) is 46.7 Å². The molecule has 1 aliphatic rings. The third kappa shape index (κ3) is 3.47. The van der Waals surface area contributed by atoms with Gasteiger partial charge in [0.2, 0.25) is 5.91 Å². The maximum atomic E-state index is 11.7. The lowest BCUT2D eigenvalue weighted by atomic mass is 9.96. The van der Waals surface area contributed by atoms with Crippen LogP contribution in [0.25, 0.3) is 5.69 Å². The molecule has 0 atom stereocenters. The molecule has 1 fully saturated rings. The average Bonchev–Trinajstić information content (AvgIpc) is 2.90. The first kappa shape index (κ1) is 17.0. The quantitative estimate of drug-likeness (QED) is 0.926. The summed E-state index contributed by atoms with van der Waals surface area (Å²) >= 11 is 6.59. The number of aryl methyl sites for hydroxylation is 1. The van der Waals surface area contributed by atoms with Crippen LogP contribution in [0.2, 0.25) is 5.15 Å². The van der Waals surface area contributed by atoms with Crippen molar-refractivity contribution in [2.75, 3.05) is 20.1 Å². The first-order chi connectivity index (χ1) is 11.6. The van der Waals surface area contributed by atoms with Crippen molar-refractivity contribution in [2.24, 2.45) is 5.92 Å². The van der Waals surface area contributed by atoms with Gasteiger partial charge >= 0.3 is 0 Å². The Labute approximate surface area is 147 Å². The predicted molar refractivity (Wildman–Crippen MR) is 95.4 cm³/mol. The zero-order chi connectivity index (χ0) is 17.1. The molecule has 0 bridgehead atoms. The molecule has 1 aromatic heterocycles. The van der Waals surface area contributed by atoms with Crippen LogP contribution in [-0.4, -0.2) is 40.7 Å². The Balaban J connectivity index is 1.71. The van der Waals surface area contributed by atoms with E-state index in [0.717, 1.165) is 49.4 Å². The average molecular weight is 347 g/mol. The van der Waals surface area contributed by atoms with Crippen LogP contribution in [-0.2, 0) is 11.3 Å². The van der Waals surface area contributed by atoms with Gasteiger partial charge in [-0.1, -0.05) is 29.8 Å². The Morgan fingerprint density at radius 2 is 1.96 bits per heavy atom. The van der Waals surface area contributed by atoms with E-state index in [0.29, 0.717) is 5.15 Å².